The monoisotopic (exact) mass is 264 g/mol. The molecule has 18 heavy (non-hydrogen) atoms. The van der Waals surface area contributed by atoms with E-state index in [2.05, 4.69) is 35.8 Å². The maximum absolute atomic E-state index is 6.19. The lowest BCUT2D eigenvalue weighted by Gasteiger charge is -2.13. The minimum Gasteiger partial charge on any atom is -0.263 e. The van der Waals surface area contributed by atoms with Gasteiger partial charge in [0.2, 0.25) is 0 Å². The van der Waals surface area contributed by atoms with E-state index >= 15 is 0 Å². The normalized spacial score (nSPS) is 11.2. The Labute approximate surface area is 112 Å². The molecule has 0 aliphatic carbocycles. The van der Waals surface area contributed by atoms with E-state index in [0.717, 1.165) is 29.9 Å². The van der Waals surface area contributed by atoms with Gasteiger partial charge < -0.3 is 0 Å². The van der Waals surface area contributed by atoms with Gasteiger partial charge in [0.1, 0.15) is 11.5 Å². The molecule has 0 aliphatic rings. The predicted molar refractivity (Wildman–Crippen MR) is 72.6 cm³/mol. The maximum Gasteiger partial charge on any atom is 0.136 e. The summed E-state index contributed by atoms with van der Waals surface area (Å²) in [4.78, 5) is 8.46. The number of nitrogens with zero attached hydrogens (tertiary/aromatic N) is 4. The summed E-state index contributed by atoms with van der Waals surface area (Å²) in [6.45, 7) is 7.19. The van der Waals surface area contributed by atoms with Gasteiger partial charge in [0.05, 0.1) is 11.4 Å². The highest BCUT2D eigenvalue weighted by molar-refractivity contribution is 6.30. The van der Waals surface area contributed by atoms with E-state index in [1.807, 2.05) is 10.7 Å². The Balaban J connectivity index is 2.56. The van der Waals surface area contributed by atoms with Gasteiger partial charge in [0.25, 0.3) is 0 Å². The SMILES string of the molecule is CCCn1nccc1-c1ncnc(Cl)c1C(C)C. The lowest BCUT2D eigenvalue weighted by molar-refractivity contribution is 0.607. The third-order valence-electron chi connectivity index (χ3n) is 2.81. The summed E-state index contributed by atoms with van der Waals surface area (Å²) in [5.41, 5.74) is 2.87. The van der Waals surface area contributed by atoms with Gasteiger partial charge in [-0.25, -0.2) is 9.97 Å². The second kappa shape index (κ2) is 5.48. The number of halogens is 1. The highest BCUT2D eigenvalue weighted by Gasteiger charge is 2.17. The van der Waals surface area contributed by atoms with E-state index in [-0.39, 0.29) is 5.92 Å². The van der Waals surface area contributed by atoms with E-state index in [1.54, 1.807) is 6.20 Å². The Morgan fingerprint density at radius 1 is 1.33 bits per heavy atom. The highest BCUT2D eigenvalue weighted by Crippen LogP contribution is 2.31. The Hall–Kier alpha value is -1.42. The average Bonchev–Trinajstić information content (AvgIpc) is 2.76. The van der Waals surface area contributed by atoms with Gasteiger partial charge in [0.15, 0.2) is 0 Å². The van der Waals surface area contributed by atoms with E-state index in [9.17, 15) is 0 Å². The highest BCUT2D eigenvalue weighted by atomic mass is 35.5. The first kappa shape index (κ1) is 13.0. The fourth-order valence-electron chi connectivity index (χ4n) is 2.01. The first-order chi connectivity index (χ1) is 8.65. The van der Waals surface area contributed by atoms with Crippen LogP contribution in [0.4, 0.5) is 0 Å². The van der Waals surface area contributed by atoms with Crippen molar-refractivity contribution in [2.75, 3.05) is 0 Å². The molecule has 2 aromatic rings. The Kier molecular flexibility index (Phi) is 3.97. The molecule has 4 nitrogen and oxygen atoms in total. The van der Waals surface area contributed by atoms with Gasteiger partial charge in [-0.3, -0.25) is 4.68 Å². The number of aromatic nitrogens is 4. The summed E-state index contributed by atoms with van der Waals surface area (Å²) in [6, 6.07) is 1.97. The van der Waals surface area contributed by atoms with Gasteiger partial charge in [-0.05, 0) is 18.4 Å². The van der Waals surface area contributed by atoms with Crippen LogP contribution in [0.3, 0.4) is 0 Å². The molecule has 0 unspecified atom stereocenters. The molecule has 0 atom stereocenters. The van der Waals surface area contributed by atoms with Crippen molar-refractivity contribution in [3.8, 4) is 11.4 Å². The van der Waals surface area contributed by atoms with E-state index in [0.29, 0.717) is 5.15 Å². The van der Waals surface area contributed by atoms with Crippen LogP contribution >= 0.6 is 11.6 Å². The Morgan fingerprint density at radius 2 is 2.11 bits per heavy atom. The molecule has 2 aromatic heterocycles. The number of hydrogen-bond donors (Lipinski definition) is 0. The van der Waals surface area contributed by atoms with E-state index in [1.165, 1.54) is 6.33 Å². The minimum atomic E-state index is 0.277. The zero-order valence-corrected chi connectivity index (χ0v) is 11.6. The van der Waals surface area contributed by atoms with E-state index < -0.39 is 0 Å². The molecule has 0 N–H and O–H groups in total. The minimum absolute atomic E-state index is 0.277. The van der Waals surface area contributed by atoms with Crippen molar-refractivity contribution in [3.63, 3.8) is 0 Å². The molecule has 0 amide bonds. The van der Waals surface area contributed by atoms with Crippen LogP contribution in [0, 0.1) is 0 Å². The van der Waals surface area contributed by atoms with Crippen molar-refractivity contribution in [1.29, 1.82) is 0 Å². The molecule has 2 heterocycles. The van der Waals surface area contributed by atoms with Crippen LogP contribution in [0.2, 0.25) is 5.15 Å². The lowest BCUT2D eigenvalue weighted by Crippen LogP contribution is -2.06. The van der Waals surface area contributed by atoms with Crippen LogP contribution in [-0.4, -0.2) is 19.7 Å². The predicted octanol–water partition coefficient (Wildman–Crippen LogP) is 3.53. The first-order valence-corrected chi connectivity index (χ1v) is 6.55. The van der Waals surface area contributed by atoms with Gasteiger partial charge >= 0.3 is 0 Å². The van der Waals surface area contributed by atoms with E-state index in [4.69, 9.17) is 11.6 Å². The summed E-state index contributed by atoms with van der Waals surface area (Å²) < 4.78 is 1.96. The zero-order valence-electron chi connectivity index (χ0n) is 10.9. The molecule has 0 fully saturated rings. The lowest BCUT2D eigenvalue weighted by atomic mass is 10.0. The molecular formula is C13H17ClN4. The van der Waals surface area contributed by atoms with Crippen LogP contribution in [-0.2, 0) is 6.54 Å². The summed E-state index contributed by atoms with van der Waals surface area (Å²) in [7, 11) is 0. The summed E-state index contributed by atoms with van der Waals surface area (Å²) >= 11 is 6.19. The molecule has 2 rings (SSSR count). The van der Waals surface area contributed by atoms with Crippen LogP contribution in [0.15, 0.2) is 18.6 Å². The summed E-state index contributed by atoms with van der Waals surface area (Å²) in [5, 5.41) is 4.85. The van der Waals surface area contributed by atoms with Crippen LogP contribution in [0.1, 0.15) is 38.7 Å². The molecule has 0 spiro atoms. The molecule has 5 heteroatoms. The topological polar surface area (TPSA) is 43.6 Å². The van der Waals surface area contributed by atoms with Crippen LogP contribution in [0.25, 0.3) is 11.4 Å². The largest absolute Gasteiger partial charge is 0.263 e. The number of rotatable bonds is 4. The molecule has 0 bridgehead atoms. The molecule has 96 valence electrons. The zero-order chi connectivity index (χ0) is 13.1. The Morgan fingerprint density at radius 3 is 2.78 bits per heavy atom. The van der Waals surface area contributed by atoms with Crippen molar-refractivity contribution >= 4 is 11.6 Å². The van der Waals surface area contributed by atoms with Crippen molar-refractivity contribution in [2.45, 2.75) is 39.7 Å². The second-order valence-electron chi connectivity index (χ2n) is 4.52. The fourth-order valence-corrected chi connectivity index (χ4v) is 2.37. The summed E-state index contributed by atoms with van der Waals surface area (Å²) in [6.07, 6.45) is 4.34. The Bertz CT molecular complexity index is 534. The number of hydrogen-bond acceptors (Lipinski definition) is 3. The molecule has 0 radical (unpaired) electrons. The van der Waals surface area contributed by atoms with Gasteiger partial charge in [-0.1, -0.05) is 32.4 Å². The quantitative estimate of drug-likeness (QED) is 0.794. The molecule has 0 saturated heterocycles. The average molecular weight is 265 g/mol. The molecular weight excluding hydrogens is 248 g/mol. The standard InChI is InChI=1S/C13H17ClN4/c1-4-7-18-10(5-6-17-18)12-11(9(2)3)13(14)16-8-15-12/h5-6,8-9H,4,7H2,1-3H3. The smallest absolute Gasteiger partial charge is 0.136 e. The van der Waals surface area contributed by atoms with Crippen molar-refractivity contribution < 1.29 is 0 Å². The van der Waals surface area contributed by atoms with Crippen LogP contribution in [0.5, 0.6) is 0 Å². The van der Waals surface area contributed by atoms with Crippen molar-refractivity contribution in [1.82, 2.24) is 19.7 Å². The van der Waals surface area contributed by atoms with Crippen LogP contribution < -0.4 is 0 Å². The first-order valence-electron chi connectivity index (χ1n) is 6.17. The van der Waals surface area contributed by atoms with Gasteiger partial charge in [-0.15, -0.1) is 0 Å². The maximum atomic E-state index is 6.19. The third-order valence-corrected chi connectivity index (χ3v) is 3.11. The van der Waals surface area contributed by atoms with Crippen molar-refractivity contribution in [2.24, 2.45) is 0 Å². The molecule has 0 saturated carbocycles. The van der Waals surface area contributed by atoms with Crippen molar-refractivity contribution in [3.05, 3.63) is 29.3 Å². The summed E-state index contributed by atoms with van der Waals surface area (Å²) in [5.74, 6) is 0.277. The molecule has 0 aromatic carbocycles. The van der Waals surface area contributed by atoms with Gasteiger partial charge in [-0.2, -0.15) is 5.10 Å². The van der Waals surface area contributed by atoms with Gasteiger partial charge in [0, 0.05) is 18.3 Å². The molecule has 0 aliphatic heterocycles. The third kappa shape index (κ3) is 2.38. The second-order valence-corrected chi connectivity index (χ2v) is 4.88. The number of aryl methyl sites for hydroxylation is 1. The fraction of sp³-hybridized carbons (Fsp3) is 0.462.